The van der Waals surface area contributed by atoms with Crippen molar-refractivity contribution in [3.63, 3.8) is 0 Å². The molecule has 3 heterocycles. The highest BCUT2D eigenvalue weighted by atomic mass is 16.5. The maximum atomic E-state index is 11.9. The molecular formula is C12H12N3O3. The topological polar surface area (TPSA) is 73.6 Å². The zero-order valence-electron chi connectivity index (χ0n) is 9.70. The molecule has 0 spiro atoms. The standard InChI is InChI=1S/C12H12N3O3/c16-9-5-1-2-7-15(9)12-10(17)14-8-4-3-6-13-11(8)18-12/h3-4,6,12H,1-2,5,7H2. The van der Waals surface area contributed by atoms with Crippen LogP contribution in [-0.2, 0) is 9.59 Å². The van der Waals surface area contributed by atoms with E-state index in [4.69, 9.17) is 4.74 Å². The molecule has 2 amide bonds. The van der Waals surface area contributed by atoms with Gasteiger partial charge in [0.25, 0.3) is 6.23 Å². The Bertz CT molecular complexity index is 503. The molecule has 0 saturated carbocycles. The minimum absolute atomic E-state index is 0.0609. The van der Waals surface area contributed by atoms with Crippen LogP contribution in [0.1, 0.15) is 19.3 Å². The van der Waals surface area contributed by atoms with Crippen LogP contribution in [0.15, 0.2) is 18.3 Å². The van der Waals surface area contributed by atoms with Gasteiger partial charge in [0, 0.05) is 19.2 Å². The van der Waals surface area contributed by atoms with Crippen LogP contribution in [-0.4, -0.2) is 34.5 Å². The van der Waals surface area contributed by atoms with E-state index < -0.39 is 12.1 Å². The highest BCUT2D eigenvalue weighted by Gasteiger charge is 2.38. The van der Waals surface area contributed by atoms with E-state index in [9.17, 15) is 9.59 Å². The van der Waals surface area contributed by atoms with Gasteiger partial charge in [0.05, 0.1) is 0 Å². The van der Waals surface area contributed by atoms with Crippen LogP contribution in [0.2, 0.25) is 0 Å². The Morgan fingerprint density at radius 3 is 3.06 bits per heavy atom. The number of pyridine rings is 1. The van der Waals surface area contributed by atoms with Crippen LogP contribution >= 0.6 is 0 Å². The quantitative estimate of drug-likeness (QED) is 0.726. The van der Waals surface area contributed by atoms with Gasteiger partial charge in [0.1, 0.15) is 5.69 Å². The summed E-state index contributed by atoms with van der Waals surface area (Å²) in [7, 11) is 0. The summed E-state index contributed by atoms with van der Waals surface area (Å²) in [5, 5.41) is 3.92. The second kappa shape index (κ2) is 4.29. The van der Waals surface area contributed by atoms with Gasteiger partial charge in [-0.25, -0.2) is 10.3 Å². The van der Waals surface area contributed by atoms with Crippen LogP contribution in [0, 0.1) is 0 Å². The van der Waals surface area contributed by atoms with Crippen LogP contribution in [0.5, 0.6) is 5.88 Å². The number of rotatable bonds is 1. The Kier molecular flexibility index (Phi) is 2.62. The molecule has 1 aromatic rings. The molecule has 6 nitrogen and oxygen atoms in total. The van der Waals surface area contributed by atoms with E-state index in [-0.39, 0.29) is 5.91 Å². The van der Waals surface area contributed by atoms with Crippen LogP contribution < -0.4 is 10.1 Å². The predicted octanol–water partition coefficient (Wildman–Crippen LogP) is 0.575. The van der Waals surface area contributed by atoms with Gasteiger partial charge in [-0.1, -0.05) is 0 Å². The van der Waals surface area contributed by atoms with E-state index >= 15 is 0 Å². The van der Waals surface area contributed by atoms with E-state index in [0.29, 0.717) is 24.5 Å². The molecule has 3 rings (SSSR count). The van der Waals surface area contributed by atoms with Crippen molar-refractivity contribution < 1.29 is 14.3 Å². The van der Waals surface area contributed by atoms with Gasteiger partial charge in [0.15, 0.2) is 0 Å². The summed E-state index contributed by atoms with van der Waals surface area (Å²) < 4.78 is 5.50. The lowest BCUT2D eigenvalue weighted by molar-refractivity contribution is -0.153. The number of likely N-dealkylation sites (tertiary alicyclic amines) is 1. The monoisotopic (exact) mass is 246 g/mol. The highest BCUT2D eigenvalue weighted by molar-refractivity contribution is 5.91. The van der Waals surface area contributed by atoms with Crippen LogP contribution in [0.3, 0.4) is 0 Å². The van der Waals surface area contributed by atoms with Crippen molar-refractivity contribution >= 4 is 17.5 Å². The number of hydrogen-bond acceptors (Lipinski definition) is 4. The van der Waals surface area contributed by atoms with Gasteiger partial charge in [-0.15, -0.1) is 0 Å². The molecule has 93 valence electrons. The minimum Gasteiger partial charge on any atom is -0.442 e. The smallest absolute Gasteiger partial charge is 0.309 e. The third-order valence-corrected chi connectivity index (χ3v) is 3.06. The molecule has 0 bridgehead atoms. The molecule has 1 saturated heterocycles. The van der Waals surface area contributed by atoms with Crippen molar-refractivity contribution in [2.24, 2.45) is 0 Å². The van der Waals surface area contributed by atoms with Gasteiger partial charge in [-0.2, -0.15) is 0 Å². The number of amides is 2. The number of piperidine rings is 1. The second-order valence-electron chi connectivity index (χ2n) is 4.29. The number of nitrogens with zero attached hydrogens (tertiary/aromatic N) is 3. The summed E-state index contributed by atoms with van der Waals surface area (Å²) in [5.41, 5.74) is 0.420. The molecule has 0 aromatic carbocycles. The third-order valence-electron chi connectivity index (χ3n) is 3.06. The van der Waals surface area contributed by atoms with Crippen molar-refractivity contribution in [1.82, 2.24) is 15.2 Å². The molecule has 1 unspecified atom stereocenters. The van der Waals surface area contributed by atoms with Crippen molar-refractivity contribution in [2.75, 3.05) is 6.54 Å². The second-order valence-corrected chi connectivity index (χ2v) is 4.29. The molecule has 1 fully saturated rings. The number of aromatic nitrogens is 1. The first-order valence-electron chi connectivity index (χ1n) is 5.92. The lowest BCUT2D eigenvalue weighted by Crippen LogP contribution is -2.53. The zero-order valence-corrected chi connectivity index (χ0v) is 9.70. The van der Waals surface area contributed by atoms with Crippen LogP contribution in [0.4, 0.5) is 5.69 Å². The van der Waals surface area contributed by atoms with Gasteiger partial charge < -0.3 is 4.74 Å². The molecule has 1 aromatic heterocycles. The largest absolute Gasteiger partial charge is 0.442 e. The molecule has 6 heteroatoms. The van der Waals surface area contributed by atoms with E-state index in [1.165, 1.54) is 4.90 Å². The van der Waals surface area contributed by atoms with E-state index in [1.807, 2.05) is 0 Å². The first kappa shape index (κ1) is 11.0. The molecular weight excluding hydrogens is 234 g/mol. The predicted molar refractivity (Wildman–Crippen MR) is 61.0 cm³/mol. The maximum absolute atomic E-state index is 11.9. The van der Waals surface area contributed by atoms with Gasteiger partial charge in [0.2, 0.25) is 11.8 Å². The van der Waals surface area contributed by atoms with E-state index in [2.05, 4.69) is 10.3 Å². The van der Waals surface area contributed by atoms with Crippen molar-refractivity contribution in [2.45, 2.75) is 25.5 Å². The van der Waals surface area contributed by atoms with E-state index in [1.54, 1.807) is 18.3 Å². The number of ether oxygens (including phenoxy) is 1. The summed E-state index contributed by atoms with van der Waals surface area (Å²) in [5.74, 6) is -0.194. The summed E-state index contributed by atoms with van der Waals surface area (Å²) in [6.07, 6.45) is 2.83. The van der Waals surface area contributed by atoms with Crippen molar-refractivity contribution in [1.29, 1.82) is 0 Å². The van der Waals surface area contributed by atoms with Gasteiger partial charge >= 0.3 is 5.91 Å². The number of fused-ring (bicyclic) bond motifs is 1. The molecule has 2 aliphatic heterocycles. The number of carbonyl (C=O) groups excluding carboxylic acids is 2. The number of carbonyl (C=O) groups is 2. The Labute approximate surface area is 104 Å². The lowest BCUT2D eigenvalue weighted by Gasteiger charge is -2.34. The molecule has 0 N–H and O–H groups in total. The average molecular weight is 246 g/mol. The zero-order chi connectivity index (χ0) is 12.5. The van der Waals surface area contributed by atoms with Gasteiger partial charge in [-0.3, -0.25) is 14.5 Å². The SMILES string of the molecule is O=C1[N]c2cccnc2OC1N1CCCCC1=O. The molecule has 1 atom stereocenters. The summed E-state index contributed by atoms with van der Waals surface area (Å²) in [6.45, 7) is 0.535. The maximum Gasteiger partial charge on any atom is 0.309 e. The molecule has 2 aliphatic rings. The minimum atomic E-state index is -0.944. The summed E-state index contributed by atoms with van der Waals surface area (Å²) in [4.78, 5) is 29.1. The average Bonchev–Trinajstić information content (AvgIpc) is 2.39. The number of hydrogen-bond donors (Lipinski definition) is 0. The first-order chi connectivity index (χ1) is 8.75. The lowest BCUT2D eigenvalue weighted by atomic mass is 10.1. The normalized spacial score (nSPS) is 23.1. The van der Waals surface area contributed by atoms with E-state index in [0.717, 1.165) is 12.8 Å². The fourth-order valence-electron chi connectivity index (χ4n) is 2.16. The van der Waals surface area contributed by atoms with Gasteiger partial charge in [-0.05, 0) is 25.0 Å². The highest BCUT2D eigenvalue weighted by Crippen LogP contribution is 2.28. The Morgan fingerprint density at radius 2 is 2.22 bits per heavy atom. The fraction of sp³-hybridized carbons (Fsp3) is 0.417. The Morgan fingerprint density at radius 1 is 1.33 bits per heavy atom. The summed E-state index contributed by atoms with van der Waals surface area (Å²) >= 11 is 0. The van der Waals surface area contributed by atoms with Crippen LogP contribution in [0.25, 0.3) is 0 Å². The van der Waals surface area contributed by atoms with Crippen molar-refractivity contribution in [3.8, 4) is 5.88 Å². The Hall–Kier alpha value is -2.11. The molecule has 1 radical (unpaired) electrons. The van der Waals surface area contributed by atoms with Crippen molar-refractivity contribution in [3.05, 3.63) is 18.3 Å². The Balaban J connectivity index is 1.86. The summed E-state index contributed by atoms with van der Waals surface area (Å²) in [6, 6.07) is 3.35. The third kappa shape index (κ3) is 1.79. The molecule has 18 heavy (non-hydrogen) atoms. The molecule has 0 aliphatic carbocycles. The fourth-order valence-corrected chi connectivity index (χ4v) is 2.16. The first-order valence-corrected chi connectivity index (χ1v) is 5.92.